The summed E-state index contributed by atoms with van der Waals surface area (Å²) >= 11 is 0. The van der Waals surface area contributed by atoms with Gasteiger partial charge in [-0.25, -0.2) is 4.98 Å². The van der Waals surface area contributed by atoms with Crippen LogP contribution in [0.4, 0.5) is 0 Å². The van der Waals surface area contributed by atoms with Crippen LogP contribution in [0.25, 0.3) is 22.2 Å². The van der Waals surface area contributed by atoms with Crippen molar-refractivity contribution in [1.29, 1.82) is 0 Å². The molecule has 5 rings (SSSR count). The topological polar surface area (TPSA) is 79.0 Å². The van der Waals surface area contributed by atoms with Gasteiger partial charge in [-0.3, -0.25) is 14.6 Å². The first-order valence-electron chi connectivity index (χ1n) is 9.49. The van der Waals surface area contributed by atoms with E-state index >= 15 is 0 Å². The zero-order chi connectivity index (χ0) is 19.8. The van der Waals surface area contributed by atoms with E-state index in [-0.39, 0.29) is 11.5 Å². The number of amides is 1. The van der Waals surface area contributed by atoms with Gasteiger partial charge >= 0.3 is 0 Å². The maximum atomic E-state index is 13.5. The number of aromatic nitrogens is 3. The molecule has 6 heteroatoms. The van der Waals surface area contributed by atoms with Gasteiger partial charge in [0.2, 0.25) is 5.56 Å². The predicted octanol–water partition coefficient (Wildman–Crippen LogP) is 3.18. The van der Waals surface area contributed by atoms with Gasteiger partial charge in [0.25, 0.3) is 5.91 Å². The fourth-order valence-corrected chi connectivity index (χ4v) is 3.83. The van der Waals surface area contributed by atoms with Gasteiger partial charge in [-0.2, -0.15) is 0 Å². The molecule has 1 aromatic carbocycles. The SMILES string of the molecule is O=C(c1cc(-c2ccncc2)nc2ccccc12)N1CCc2cc(=O)[nH]cc2C1. The molecule has 4 aromatic rings. The molecule has 1 aliphatic rings. The lowest BCUT2D eigenvalue weighted by molar-refractivity contribution is 0.0736. The molecular formula is C23H18N4O2. The van der Waals surface area contributed by atoms with Crippen LogP contribution in [0.1, 0.15) is 21.5 Å². The molecule has 6 nitrogen and oxygen atoms in total. The molecule has 0 spiro atoms. The van der Waals surface area contributed by atoms with Crippen molar-refractivity contribution in [2.75, 3.05) is 6.54 Å². The molecular weight excluding hydrogens is 364 g/mol. The number of carbonyl (C=O) groups is 1. The average Bonchev–Trinajstić information content (AvgIpc) is 2.78. The second-order valence-corrected chi connectivity index (χ2v) is 7.13. The van der Waals surface area contributed by atoms with E-state index in [9.17, 15) is 9.59 Å². The molecule has 0 fully saturated rings. The predicted molar refractivity (Wildman–Crippen MR) is 110 cm³/mol. The van der Waals surface area contributed by atoms with Crippen LogP contribution in [-0.4, -0.2) is 32.3 Å². The van der Waals surface area contributed by atoms with Crippen LogP contribution in [0.3, 0.4) is 0 Å². The molecule has 3 aromatic heterocycles. The molecule has 0 bridgehead atoms. The minimum Gasteiger partial charge on any atom is -0.334 e. The molecule has 4 heterocycles. The summed E-state index contributed by atoms with van der Waals surface area (Å²) in [6.07, 6.45) is 5.82. The summed E-state index contributed by atoms with van der Waals surface area (Å²) in [6.45, 7) is 1.06. The van der Waals surface area contributed by atoms with Crippen molar-refractivity contribution in [3.05, 3.63) is 94.2 Å². The second kappa shape index (κ2) is 6.98. The van der Waals surface area contributed by atoms with Crippen LogP contribution in [0.15, 0.2) is 71.9 Å². The van der Waals surface area contributed by atoms with Crippen molar-refractivity contribution in [3.63, 3.8) is 0 Å². The fraction of sp³-hybridized carbons (Fsp3) is 0.130. The standard InChI is InChI=1S/C23H18N4O2/c28-22-11-16-7-10-27(14-17(16)13-25-22)23(29)19-12-21(15-5-8-24-9-6-15)26-20-4-2-1-3-18(19)20/h1-6,8-9,11-13H,7,10,14H2,(H,25,28). The van der Waals surface area contributed by atoms with E-state index in [1.54, 1.807) is 24.7 Å². The van der Waals surface area contributed by atoms with Gasteiger partial charge in [0, 0.05) is 48.7 Å². The highest BCUT2D eigenvalue weighted by molar-refractivity contribution is 6.07. The second-order valence-electron chi connectivity index (χ2n) is 7.13. The normalized spacial score (nSPS) is 13.3. The van der Waals surface area contributed by atoms with Crippen molar-refractivity contribution >= 4 is 16.8 Å². The number of nitrogens with one attached hydrogen (secondary N) is 1. The molecule has 0 saturated carbocycles. The van der Waals surface area contributed by atoms with E-state index in [1.165, 1.54) is 0 Å². The van der Waals surface area contributed by atoms with Crippen molar-refractivity contribution in [2.45, 2.75) is 13.0 Å². The fourth-order valence-electron chi connectivity index (χ4n) is 3.83. The Morgan fingerprint density at radius 1 is 1.03 bits per heavy atom. The van der Waals surface area contributed by atoms with Crippen LogP contribution >= 0.6 is 0 Å². The molecule has 0 unspecified atom stereocenters. The summed E-state index contributed by atoms with van der Waals surface area (Å²) in [5.41, 5.74) is 4.97. The Balaban J connectivity index is 1.58. The summed E-state index contributed by atoms with van der Waals surface area (Å²) < 4.78 is 0. The van der Waals surface area contributed by atoms with E-state index in [0.29, 0.717) is 25.1 Å². The highest BCUT2D eigenvalue weighted by Gasteiger charge is 2.24. The summed E-state index contributed by atoms with van der Waals surface area (Å²) in [5.74, 6) is -0.0317. The first kappa shape index (κ1) is 17.3. The number of hydrogen-bond acceptors (Lipinski definition) is 4. The highest BCUT2D eigenvalue weighted by atomic mass is 16.2. The Kier molecular flexibility index (Phi) is 4.17. The van der Waals surface area contributed by atoms with Crippen LogP contribution < -0.4 is 5.56 Å². The number of rotatable bonds is 2. The highest BCUT2D eigenvalue weighted by Crippen LogP contribution is 2.27. The molecule has 0 aliphatic carbocycles. The quantitative estimate of drug-likeness (QED) is 0.577. The largest absolute Gasteiger partial charge is 0.334 e. The Morgan fingerprint density at radius 3 is 2.72 bits per heavy atom. The van der Waals surface area contributed by atoms with E-state index < -0.39 is 0 Å². The van der Waals surface area contributed by atoms with E-state index in [1.807, 2.05) is 47.4 Å². The summed E-state index contributed by atoms with van der Waals surface area (Å²) in [5, 5.41) is 0.836. The van der Waals surface area contributed by atoms with E-state index in [4.69, 9.17) is 4.98 Å². The molecule has 1 amide bonds. The number of carbonyl (C=O) groups excluding carboxylic acids is 1. The monoisotopic (exact) mass is 382 g/mol. The maximum Gasteiger partial charge on any atom is 0.254 e. The van der Waals surface area contributed by atoms with Crippen LogP contribution in [0.5, 0.6) is 0 Å². The Hall–Kier alpha value is -3.80. The summed E-state index contributed by atoms with van der Waals surface area (Å²) in [4.78, 5) is 38.4. The summed E-state index contributed by atoms with van der Waals surface area (Å²) in [6, 6.07) is 15.0. The Bertz CT molecular complexity index is 1280. The van der Waals surface area contributed by atoms with Gasteiger partial charge in [0.1, 0.15) is 0 Å². The minimum absolute atomic E-state index is 0.0317. The van der Waals surface area contributed by atoms with Crippen molar-refractivity contribution in [1.82, 2.24) is 19.9 Å². The summed E-state index contributed by atoms with van der Waals surface area (Å²) in [7, 11) is 0. The zero-order valence-electron chi connectivity index (χ0n) is 15.6. The number of benzene rings is 1. The number of pyridine rings is 3. The first-order valence-corrected chi connectivity index (χ1v) is 9.49. The van der Waals surface area contributed by atoms with Gasteiger partial charge in [-0.1, -0.05) is 18.2 Å². The third kappa shape index (κ3) is 3.18. The molecule has 0 radical (unpaired) electrons. The molecule has 0 saturated heterocycles. The van der Waals surface area contributed by atoms with Gasteiger partial charge in [-0.05, 0) is 41.8 Å². The van der Waals surface area contributed by atoms with Gasteiger partial charge < -0.3 is 9.88 Å². The van der Waals surface area contributed by atoms with Crippen molar-refractivity contribution < 1.29 is 4.79 Å². The van der Waals surface area contributed by atoms with Crippen LogP contribution in [0.2, 0.25) is 0 Å². The number of aromatic amines is 1. The average molecular weight is 382 g/mol. The van der Waals surface area contributed by atoms with Crippen molar-refractivity contribution in [2.24, 2.45) is 0 Å². The number of para-hydroxylation sites is 1. The van der Waals surface area contributed by atoms with E-state index in [0.717, 1.165) is 33.3 Å². The van der Waals surface area contributed by atoms with Gasteiger partial charge in [0.15, 0.2) is 0 Å². The van der Waals surface area contributed by atoms with Crippen LogP contribution in [-0.2, 0) is 13.0 Å². The molecule has 1 aliphatic heterocycles. The third-order valence-electron chi connectivity index (χ3n) is 5.33. The third-order valence-corrected chi connectivity index (χ3v) is 5.33. The zero-order valence-corrected chi connectivity index (χ0v) is 15.6. The Morgan fingerprint density at radius 2 is 1.86 bits per heavy atom. The lowest BCUT2D eigenvalue weighted by Gasteiger charge is -2.29. The van der Waals surface area contributed by atoms with Crippen LogP contribution in [0, 0.1) is 0 Å². The minimum atomic E-state index is -0.106. The number of fused-ring (bicyclic) bond motifs is 2. The van der Waals surface area contributed by atoms with Gasteiger partial charge in [-0.15, -0.1) is 0 Å². The van der Waals surface area contributed by atoms with E-state index in [2.05, 4.69) is 9.97 Å². The van der Waals surface area contributed by atoms with Gasteiger partial charge in [0.05, 0.1) is 16.8 Å². The molecule has 142 valence electrons. The lowest BCUT2D eigenvalue weighted by atomic mass is 9.99. The number of H-pyrrole nitrogens is 1. The molecule has 1 N–H and O–H groups in total. The van der Waals surface area contributed by atoms with Crippen molar-refractivity contribution in [3.8, 4) is 11.3 Å². The first-order chi connectivity index (χ1) is 14.2. The lowest BCUT2D eigenvalue weighted by Crippen LogP contribution is -2.36. The number of nitrogens with zero attached hydrogens (tertiary/aromatic N) is 3. The smallest absolute Gasteiger partial charge is 0.254 e. The number of hydrogen-bond donors (Lipinski definition) is 1. The molecule has 29 heavy (non-hydrogen) atoms. The Labute approximate surface area is 166 Å². The maximum absolute atomic E-state index is 13.5. The molecule has 0 atom stereocenters.